The molecule has 0 amide bonds. The molecule has 7 nitrogen and oxygen atoms in total. The molecule has 188 valence electrons. The van der Waals surface area contributed by atoms with Crippen molar-refractivity contribution >= 4 is 30.9 Å². The molecule has 5 rings (SSSR count). The first-order valence-corrected chi connectivity index (χ1v) is 14.9. The largest absolute Gasteiger partial charge is 0.299 e. The maximum atomic E-state index is 13.3. The number of hydrogen-bond acceptors (Lipinski definition) is 5. The minimum absolute atomic E-state index is 0.0286. The van der Waals surface area contributed by atoms with Crippen LogP contribution in [0, 0.1) is 5.92 Å². The molecule has 1 aromatic heterocycles. The number of piperidine rings is 1. The van der Waals surface area contributed by atoms with Gasteiger partial charge in [-0.3, -0.25) is 4.90 Å². The van der Waals surface area contributed by atoms with Crippen LogP contribution in [0.1, 0.15) is 18.4 Å². The molecule has 0 spiro atoms. The normalized spacial score (nSPS) is 15.9. The molecule has 1 aliphatic heterocycles. The van der Waals surface area contributed by atoms with Gasteiger partial charge in [0, 0.05) is 24.7 Å². The van der Waals surface area contributed by atoms with Gasteiger partial charge in [-0.1, -0.05) is 66.7 Å². The van der Waals surface area contributed by atoms with Crippen LogP contribution in [0.3, 0.4) is 0 Å². The van der Waals surface area contributed by atoms with Crippen molar-refractivity contribution in [2.24, 2.45) is 5.92 Å². The lowest BCUT2D eigenvalue weighted by Gasteiger charge is -2.32. The molecular weight excluding hydrogens is 494 g/mol. The van der Waals surface area contributed by atoms with E-state index in [1.807, 2.05) is 18.2 Å². The van der Waals surface area contributed by atoms with Crippen LogP contribution >= 0.6 is 0 Å². The number of benzene rings is 3. The van der Waals surface area contributed by atoms with E-state index in [1.54, 1.807) is 42.5 Å². The molecule has 1 aliphatic rings. The van der Waals surface area contributed by atoms with Crippen LogP contribution in [-0.4, -0.2) is 45.3 Å². The third-order valence-corrected chi connectivity index (χ3v) is 9.89. The summed E-state index contributed by atoms with van der Waals surface area (Å²) in [5, 5.41) is 0.377. The second-order valence-corrected chi connectivity index (χ2v) is 12.7. The Morgan fingerprint density at radius 1 is 0.778 bits per heavy atom. The SMILES string of the molecule is O=S(=O)(NCC1CCN(Cc2ccccc2)CC1)c1cn(S(=O)(=O)c2ccccc2)c2ccccc12. The smallest absolute Gasteiger partial charge is 0.268 e. The highest BCUT2D eigenvalue weighted by Crippen LogP contribution is 2.29. The molecule has 0 bridgehead atoms. The van der Waals surface area contributed by atoms with Crippen LogP contribution in [0.5, 0.6) is 0 Å². The molecule has 0 radical (unpaired) electrons. The minimum atomic E-state index is -3.95. The summed E-state index contributed by atoms with van der Waals surface area (Å²) in [6.07, 6.45) is 3.02. The Balaban J connectivity index is 1.31. The Labute approximate surface area is 212 Å². The summed E-state index contributed by atoms with van der Waals surface area (Å²) in [5.41, 5.74) is 1.61. The zero-order chi connectivity index (χ0) is 25.2. The van der Waals surface area contributed by atoms with Crippen LogP contribution < -0.4 is 4.72 Å². The van der Waals surface area contributed by atoms with Crippen molar-refractivity contribution in [2.75, 3.05) is 19.6 Å². The van der Waals surface area contributed by atoms with Gasteiger partial charge in [0.05, 0.1) is 10.4 Å². The number of fused-ring (bicyclic) bond motifs is 1. The molecule has 3 aromatic carbocycles. The van der Waals surface area contributed by atoms with E-state index in [-0.39, 0.29) is 15.7 Å². The molecule has 1 saturated heterocycles. The van der Waals surface area contributed by atoms with E-state index in [1.165, 1.54) is 23.9 Å². The molecule has 0 saturated carbocycles. The van der Waals surface area contributed by atoms with E-state index < -0.39 is 20.0 Å². The van der Waals surface area contributed by atoms with Crippen LogP contribution in [0.2, 0.25) is 0 Å². The number of sulfonamides is 1. The molecular formula is C27H29N3O4S2. The first-order valence-electron chi connectivity index (χ1n) is 12.0. The molecule has 0 unspecified atom stereocenters. The second-order valence-electron chi connectivity index (χ2n) is 9.18. The van der Waals surface area contributed by atoms with Crippen LogP contribution in [0.15, 0.2) is 101 Å². The highest BCUT2D eigenvalue weighted by Gasteiger charge is 2.28. The Kier molecular flexibility index (Phi) is 6.98. The Morgan fingerprint density at radius 2 is 1.39 bits per heavy atom. The van der Waals surface area contributed by atoms with Gasteiger partial charge in [-0.15, -0.1) is 0 Å². The summed E-state index contributed by atoms with van der Waals surface area (Å²) in [5.74, 6) is 0.230. The maximum absolute atomic E-state index is 13.3. The second kappa shape index (κ2) is 10.2. The summed E-state index contributed by atoms with van der Waals surface area (Å²) in [6.45, 7) is 3.05. The third-order valence-electron chi connectivity index (χ3n) is 6.75. The fraction of sp³-hybridized carbons (Fsp3) is 0.259. The highest BCUT2D eigenvalue weighted by atomic mass is 32.2. The first-order chi connectivity index (χ1) is 17.3. The van der Waals surface area contributed by atoms with Gasteiger partial charge in [0.15, 0.2) is 0 Å². The predicted molar refractivity (Wildman–Crippen MR) is 141 cm³/mol. The van der Waals surface area contributed by atoms with E-state index in [0.29, 0.717) is 17.4 Å². The lowest BCUT2D eigenvalue weighted by molar-refractivity contribution is 0.178. The van der Waals surface area contributed by atoms with E-state index in [0.717, 1.165) is 36.4 Å². The monoisotopic (exact) mass is 523 g/mol. The molecule has 0 aliphatic carbocycles. The van der Waals surface area contributed by atoms with Gasteiger partial charge in [-0.05, 0) is 55.6 Å². The lowest BCUT2D eigenvalue weighted by atomic mass is 9.97. The molecule has 36 heavy (non-hydrogen) atoms. The average molecular weight is 524 g/mol. The molecule has 1 fully saturated rings. The van der Waals surface area contributed by atoms with Gasteiger partial charge in [0.1, 0.15) is 4.90 Å². The number of nitrogens with zero attached hydrogens (tertiary/aromatic N) is 2. The van der Waals surface area contributed by atoms with E-state index in [2.05, 4.69) is 21.8 Å². The van der Waals surface area contributed by atoms with Gasteiger partial charge in [-0.25, -0.2) is 25.5 Å². The van der Waals surface area contributed by atoms with Crippen molar-refractivity contribution < 1.29 is 16.8 Å². The van der Waals surface area contributed by atoms with Gasteiger partial charge in [0.25, 0.3) is 10.0 Å². The highest BCUT2D eigenvalue weighted by molar-refractivity contribution is 7.91. The van der Waals surface area contributed by atoms with E-state index in [9.17, 15) is 16.8 Å². The molecule has 4 aromatic rings. The van der Waals surface area contributed by atoms with E-state index in [4.69, 9.17) is 0 Å². The topological polar surface area (TPSA) is 88.5 Å². The predicted octanol–water partition coefficient (Wildman–Crippen LogP) is 4.07. The Morgan fingerprint density at radius 3 is 2.08 bits per heavy atom. The van der Waals surface area contributed by atoms with Crippen LogP contribution in [0.25, 0.3) is 10.9 Å². The Bertz CT molecular complexity index is 1540. The first kappa shape index (κ1) is 24.7. The van der Waals surface area contributed by atoms with Crippen molar-refractivity contribution in [2.45, 2.75) is 29.2 Å². The fourth-order valence-corrected chi connectivity index (χ4v) is 7.51. The van der Waals surface area contributed by atoms with Crippen molar-refractivity contribution in [1.29, 1.82) is 0 Å². The van der Waals surface area contributed by atoms with Crippen LogP contribution in [-0.2, 0) is 26.6 Å². The zero-order valence-electron chi connectivity index (χ0n) is 19.8. The van der Waals surface area contributed by atoms with Crippen molar-refractivity contribution in [3.05, 3.63) is 96.7 Å². The Hall–Kier alpha value is -2.98. The van der Waals surface area contributed by atoms with Gasteiger partial charge in [0.2, 0.25) is 10.0 Å². The summed E-state index contributed by atoms with van der Waals surface area (Å²) in [7, 11) is -7.87. The number of nitrogens with one attached hydrogen (secondary N) is 1. The van der Waals surface area contributed by atoms with Gasteiger partial charge in [-0.2, -0.15) is 0 Å². The average Bonchev–Trinajstić information content (AvgIpc) is 3.31. The summed E-state index contributed by atoms with van der Waals surface area (Å²) in [4.78, 5) is 2.46. The van der Waals surface area contributed by atoms with Crippen LogP contribution in [0.4, 0.5) is 0 Å². The van der Waals surface area contributed by atoms with Gasteiger partial charge >= 0.3 is 0 Å². The van der Waals surface area contributed by atoms with Crippen molar-refractivity contribution in [3.63, 3.8) is 0 Å². The number of rotatable bonds is 8. The quantitative estimate of drug-likeness (QED) is 0.376. The molecule has 9 heteroatoms. The van der Waals surface area contributed by atoms with Crippen molar-refractivity contribution in [3.8, 4) is 0 Å². The minimum Gasteiger partial charge on any atom is -0.299 e. The molecule has 2 heterocycles. The van der Waals surface area contributed by atoms with Gasteiger partial charge < -0.3 is 0 Å². The number of hydrogen-bond donors (Lipinski definition) is 1. The number of para-hydroxylation sites is 1. The van der Waals surface area contributed by atoms with Crippen molar-refractivity contribution in [1.82, 2.24) is 13.6 Å². The maximum Gasteiger partial charge on any atom is 0.268 e. The lowest BCUT2D eigenvalue weighted by Crippen LogP contribution is -2.38. The fourth-order valence-electron chi connectivity index (χ4n) is 4.73. The molecule has 1 N–H and O–H groups in total. The standard InChI is InChI=1S/C27H29N3O4S2/c31-35(32,28-19-22-15-17-29(18-16-22)20-23-9-3-1-4-10-23)27-21-30(26-14-8-7-13-25(26)27)36(33,34)24-11-5-2-6-12-24/h1-14,21-22,28H,15-20H2. The zero-order valence-corrected chi connectivity index (χ0v) is 21.5. The summed E-state index contributed by atoms with van der Waals surface area (Å²) in [6, 6.07) is 25.0. The summed E-state index contributed by atoms with van der Waals surface area (Å²) >= 11 is 0. The number of aromatic nitrogens is 1. The van der Waals surface area contributed by atoms with E-state index >= 15 is 0 Å². The number of likely N-dealkylation sites (tertiary alicyclic amines) is 1. The third kappa shape index (κ3) is 5.10. The summed E-state index contributed by atoms with van der Waals surface area (Å²) < 4.78 is 57.1. The molecule has 0 atom stereocenters.